The second kappa shape index (κ2) is 6.78. The summed E-state index contributed by atoms with van der Waals surface area (Å²) < 4.78 is 0. The number of hydrogen-bond donors (Lipinski definition) is 1. The number of rotatable bonds is 5. The van der Waals surface area contributed by atoms with E-state index in [1.165, 1.54) is 11.9 Å². The molecule has 0 saturated heterocycles. The number of carboxylic acids is 1. The van der Waals surface area contributed by atoms with Gasteiger partial charge in [-0.1, -0.05) is 36.2 Å². The van der Waals surface area contributed by atoms with Crippen LogP contribution in [0, 0.1) is 0 Å². The Kier molecular flexibility index (Phi) is 5.63. The van der Waals surface area contributed by atoms with E-state index in [-0.39, 0.29) is 12.3 Å². The fraction of sp³-hybridized carbons (Fsp3) is 0.385. The highest BCUT2D eigenvalue weighted by Crippen LogP contribution is 2.22. The molecular formula is C13H15Cl2NO3. The average Bonchev–Trinajstić information content (AvgIpc) is 2.32. The molecule has 0 spiro atoms. The van der Waals surface area contributed by atoms with Crippen molar-refractivity contribution in [1.29, 1.82) is 0 Å². The van der Waals surface area contributed by atoms with E-state index in [0.29, 0.717) is 22.0 Å². The third-order valence-electron chi connectivity index (χ3n) is 2.89. The third-order valence-corrected chi connectivity index (χ3v) is 3.48. The van der Waals surface area contributed by atoms with Gasteiger partial charge in [-0.05, 0) is 24.1 Å². The van der Waals surface area contributed by atoms with Gasteiger partial charge in [0.05, 0.1) is 6.42 Å². The maximum Gasteiger partial charge on any atom is 0.326 e. The number of nitrogens with zero attached hydrogens (tertiary/aromatic N) is 1. The van der Waals surface area contributed by atoms with Crippen molar-refractivity contribution in [2.24, 2.45) is 0 Å². The quantitative estimate of drug-likeness (QED) is 0.910. The van der Waals surface area contributed by atoms with Crippen molar-refractivity contribution in [2.75, 3.05) is 7.05 Å². The monoisotopic (exact) mass is 303 g/mol. The van der Waals surface area contributed by atoms with Gasteiger partial charge in [-0.15, -0.1) is 0 Å². The van der Waals surface area contributed by atoms with E-state index in [4.69, 9.17) is 28.3 Å². The summed E-state index contributed by atoms with van der Waals surface area (Å²) in [5.74, 6) is -1.31. The number of halogens is 2. The number of carbonyl (C=O) groups excluding carboxylic acids is 1. The van der Waals surface area contributed by atoms with Gasteiger partial charge in [-0.25, -0.2) is 4.79 Å². The first-order valence-electron chi connectivity index (χ1n) is 5.79. The molecule has 6 heteroatoms. The number of carbonyl (C=O) groups is 2. The Hall–Kier alpha value is -1.26. The number of benzene rings is 1. The zero-order valence-corrected chi connectivity index (χ0v) is 12.2. The van der Waals surface area contributed by atoms with Crippen molar-refractivity contribution >= 4 is 35.1 Å². The molecule has 0 bridgehead atoms. The molecule has 0 saturated carbocycles. The summed E-state index contributed by atoms with van der Waals surface area (Å²) in [4.78, 5) is 24.3. The van der Waals surface area contributed by atoms with E-state index in [0.717, 1.165) is 0 Å². The van der Waals surface area contributed by atoms with Crippen LogP contribution in [0.15, 0.2) is 18.2 Å². The normalized spacial score (nSPS) is 12.0. The second-order valence-corrected chi connectivity index (χ2v) is 5.02. The van der Waals surface area contributed by atoms with Crippen LogP contribution in [-0.2, 0) is 16.0 Å². The number of amides is 1. The lowest BCUT2D eigenvalue weighted by molar-refractivity contribution is -0.148. The summed E-state index contributed by atoms with van der Waals surface area (Å²) in [6.45, 7) is 1.72. The lowest BCUT2D eigenvalue weighted by Crippen LogP contribution is -2.42. The van der Waals surface area contributed by atoms with Gasteiger partial charge in [0, 0.05) is 17.1 Å². The highest BCUT2D eigenvalue weighted by atomic mass is 35.5. The van der Waals surface area contributed by atoms with Gasteiger partial charge < -0.3 is 10.0 Å². The molecule has 0 fully saturated rings. The number of hydrogen-bond acceptors (Lipinski definition) is 2. The molecule has 1 aromatic rings. The summed E-state index contributed by atoms with van der Waals surface area (Å²) in [7, 11) is 1.48. The fourth-order valence-corrected chi connectivity index (χ4v) is 2.22. The molecule has 0 aliphatic heterocycles. The van der Waals surface area contributed by atoms with Crippen LogP contribution in [0.5, 0.6) is 0 Å². The fourth-order valence-electron chi connectivity index (χ4n) is 1.74. The van der Waals surface area contributed by atoms with E-state index in [2.05, 4.69) is 0 Å². The van der Waals surface area contributed by atoms with E-state index in [9.17, 15) is 9.59 Å². The third kappa shape index (κ3) is 4.11. The Morgan fingerprint density at radius 1 is 1.37 bits per heavy atom. The van der Waals surface area contributed by atoms with Crippen molar-refractivity contribution in [3.05, 3.63) is 33.8 Å². The average molecular weight is 304 g/mol. The van der Waals surface area contributed by atoms with Crippen molar-refractivity contribution < 1.29 is 14.7 Å². The maximum atomic E-state index is 12.0. The molecule has 0 aliphatic carbocycles. The van der Waals surface area contributed by atoms with Crippen LogP contribution in [0.25, 0.3) is 0 Å². The Morgan fingerprint density at radius 3 is 2.47 bits per heavy atom. The molecule has 4 nitrogen and oxygen atoms in total. The van der Waals surface area contributed by atoms with Gasteiger partial charge in [0.25, 0.3) is 0 Å². The van der Waals surface area contributed by atoms with Gasteiger partial charge >= 0.3 is 5.97 Å². The van der Waals surface area contributed by atoms with E-state index in [1.54, 1.807) is 25.1 Å². The number of aliphatic carboxylic acids is 1. The molecule has 0 aromatic heterocycles. The van der Waals surface area contributed by atoms with Crippen molar-refractivity contribution in [1.82, 2.24) is 4.90 Å². The topological polar surface area (TPSA) is 57.6 Å². The molecule has 1 unspecified atom stereocenters. The second-order valence-electron chi connectivity index (χ2n) is 4.18. The van der Waals surface area contributed by atoms with Gasteiger partial charge in [0.2, 0.25) is 5.91 Å². The molecule has 19 heavy (non-hydrogen) atoms. The molecule has 1 amide bonds. The minimum absolute atomic E-state index is 0.0519. The van der Waals surface area contributed by atoms with Crippen LogP contribution in [0.1, 0.15) is 18.9 Å². The van der Waals surface area contributed by atoms with Crippen molar-refractivity contribution in [3.8, 4) is 0 Å². The number of likely N-dealkylation sites (N-methyl/N-ethyl adjacent to an activating group) is 1. The number of carboxylic acid groups (broad SMARTS) is 1. The first-order chi connectivity index (χ1) is 8.86. The van der Waals surface area contributed by atoms with Crippen LogP contribution in [0.2, 0.25) is 10.0 Å². The summed E-state index contributed by atoms with van der Waals surface area (Å²) in [5, 5.41) is 9.90. The summed E-state index contributed by atoms with van der Waals surface area (Å²) >= 11 is 11.8. The zero-order valence-electron chi connectivity index (χ0n) is 10.7. The first-order valence-corrected chi connectivity index (χ1v) is 6.54. The SMILES string of the molecule is CCC(C(=O)O)N(C)C(=O)Cc1ccc(Cl)cc1Cl. The van der Waals surface area contributed by atoms with Gasteiger partial charge in [-0.2, -0.15) is 0 Å². The Morgan fingerprint density at radius 2 is 2.00 bits per heavy atom. The molecule has 1 atom stereocenters. The predicted octanol–water partition coefficient (Wildman–Crippen LogP) is 2.86. The van der Waals surface area contributed by atoms with Crippen LogP contribution < -0.4 is 0 Å². The highest BCUT2D eigenvalue weighted by Gasteiger charge is 2.24. The van der Waals surface area contributed by atoms with Crippen LogP contribution in [0.3, 0.4) is 0 Å². The Labute approximate surface area is 121 Å². The Bertz CT molecular complexity index is 491. The van der Waals surface area contributed by atoms with Gasteiger partial charge in [-0.3, -0.25) is 4.79 Å². The minimum atomic E-state index is -1.01. The summed E-state index contributed by atoms with van der Waals surface area (Å²) in [6.07, 6.45) is 0.405. The minimum Gasteiger partial charge on any atom is -0.480 e. The first kappa shape index (κ1) is 15.8. The van der Waals surface area contributed by atoms with Crippen LogP contribution in [0.4, 0.5) is 0 Å². The maximum absolute atomic E-state index is 12.0. The van der Waals surface area contributed by atoms with E-state index >= 15 is 0 Å². The van der Waals surface area contributed by atoms with E-state index < -0.39 is 12.0 Å². The molecule has 1 rings (SSSR count). The van der Waals surface area contributed by atoms with Crippen molar-refractivity contribution in [3.63, 3.8) is 0 Å². The molecule has 0 aliphatic rings. The largest absolute Gasteiger partial charge is 0.480 e. The zero-order chi connectivity index (χ0) is 14.6. The van der Waals surface area contributed by atoms with Crippen LogP contribution >= 0.6 is 23.2 Å². The molecule has 1 N–H and O–H groups in total. The molecule has 0 heterocycles. The molecule has 104 valence electrons. The summed E-state index contributed by atoms with van der Waals surface area (Å²) in [5.41, 5.74) is 0.628. The standard InChI is InChI=1S/C13H15Cl2NO3/c1-3-11(13(18)19)16(2)12(17)6-8-4-5-9(14)7-10(8)15/h4-5,7,11H,3,6H2,1-2H3,(H,18,19). The van der Waals surface area contributed by atoms with Gasteiger partial charge in [0.15, 0.2) is 0 Å². The summed E-state index contributed by atoms with van der Waals surface area (Å²) in [6, 6.07) is 4.04. The lowest BCUT2D eigenvalue weighted by Gasteiger charge is -2.24. The lowest BCUT2D eigenvalue weighted by atomic mass is 10.1. The molecule has 1 aromatic carbocycles. The van der Waals surface area contributed by atoms with E-state index in [1.807, 2.05) is 0 Å². The van der Waals surface area contributed by atoms with Crippen LogP contribution in [-0.4, -0.2) is 35.0 Å². The predicted molar refractivity (Wildman–Crippen MR) is 74.7 cm³/mol. The molecular weight excluding hydrogens is 289 g/mol. The highest BCUT2D eigenvalue weighted by molar-refractivity contribution is 6.35. The smallest absolute Gasteiger partial charge is 0.326 e. The Balaban J connectivity index is 2.81. The van der Waals surface area contributed by atoms with Crippen molar-refractivity contribution in [2.45, 2.75) is 25.8 Å². The molecule has 0 radical (unpaired) electrons. The van der Waals surface area contributed by atoms with Gasteiger partial charge in [0.1, 0.15) is 6.04 Å².